The summed E-state index contributed by atoms with van der Waals surface area (Å²) < 4.78 is 27.8. The van der Waals surface area contributed by atoms with Gasteiger partial charge in [-0.15, -0.1) is 10.2 Å². The molecule has 2 fully saturated rings. The Balaban J connectivity index is 1.26. The number of rotatable bonds is 9. The number of nitrogens with zero attached hydrogens (tertiary/aromatic N) is 3. The third kappa shape index (κ3) is 5.28. The standard InChI is InChI=1S/C29H29N7O5/c1-30-28(39)24-22(13-23(34-35-24)33-26(37)15-6-7-15)32-21-5-3-4-20(25(21)41-2)27(38)31-17-8-11-19-16(12-17)14-36(29(19)40)18-9-10-18/h3-5,8,11-13,15,18H,6-7,9-10,14H2,1-2H3,(H,30,39)(H,31,38)(H2,32,33,34,37)/i1D3. The van der Waals surface area contributed by atoms with E-state index in [4.69, 9.17) is 8.85 Å². The van der Waals surface area contributed by atoms with Crippen LogP contribution in [0.3, 0.4) is 0 Å². The van der Waals surface area contributed by atoms with E-state index in [1.807, 2.05) is 10.2 Å². The molecule has 2 saturated carbocycles. The van der Waals surface area contributed by atoms with Crippen molar-refractivity contribution in [1.82, 2.24) is 20.4 Å². The SMILES string of the molecule is [2H]C([2H])([2H])NC(=O)c1nnc(NC(=O)C2CC2)cc1Nc1cccc(C(=O)Nc2ccc3c(c2)CN(C2CC2)C3=O)c1OC. The lowest BCUT2D eigenvalue weighted by Crippen LogP contribution is -2.25. The third-order valence-electron chi connectivity index (χ3n) is 7.24. The first kappa shape index (κ1) is 22.8. The van der Waals surface area contributed by atoms with Crippen molar-refractivity contribution in [2.75, 3.05) is 30.0 Å². The maximum Gasteiger partial charge on any atom is 0.273 e. The van der Waals surface area contributed by atoms with Crippen LogP contribution in [0, 0.1) is 5.92 Å². The van der Waals surface area contributed by atoms with E-state index in [9.17, 15) is 19.2 Å². The number of nitrogens with one attached hydrogen (secondary N) is 4. The van der Waals surface area contributed by atoms with Gasteiger partial charge in [-0.25, -0.2) is 0 Å². The van der Waals surface area contributed by atoms with Crippen LogP contribution < -0.4 is 26.0 Å². The Labute approximate surface area is 240 Å². The van der Waals surface area contributed by atoms with E-state index in [1.165, 1.54) is 13.2 Å². The Morgan fingerprint density at radius 2 is 1.83 bits per heavy atom. The molecule has 4 N–H and O–H groups in total. The molecule has 0 atom stereocenters. The normalized spacial score (nSPS) is 17.0. The zero-order chi connectivity index (χ0) is 31.2. The van der Waals surface area contributed by atoms with Gasteiger partial charge in [-0.1, -0.05) is 6.07 Å². The fraction of sp³-hybridized carbons (Fsp3) is 0.310. The molecule has 1 aromatic heterocycles. The molecule has 3 aliphatic rings. The third-order valence-corrected chi connectivity index (χ3v) is 7.24. The Bertz CT molecular complexity index is 1690. The van der Waals surface area contributed by atoms with E-state index >= 15 is 0 Å². The fourth-order valence-electron chi connectivity index (χ4n) is 4.83. The highest BCUT2D eigenvalue weighted by molar-refractivity contribution is 6.08. The number of fused-ring (bicyclic) bond motifs is 1. The molecule has 6 rings (SSSR count). The Morgan fingerprint density at radius 3 is 2.56 bits per heavy atom. The largest absolute Gasteiger partial charge is 0.494 e. The van der Waals surface area contributed by atoms with Crippen LogP contribution >= 0.6 is 0 Å². The van der Waals surface area contributed by atoms with Crippen LogP contribution in [0.5, 0.6) is 5.75 Å². The first-order chi connectivity index (χ1) is 21.0. The molecule has 2 aromatic carbocycles. The molecule has 2 aliphatic carbocycles. The molecule has 0 radical (unpaired) electrons. The smallest absolute Gasteiger partial charge is 0.273 e. The van der Waals surface area contributed by atoms with Crippen molar-refractivity contribution in [1.29, 1.82) is 0 Å². The number of anilines is 4. The van der Waals surface area contributed by atoms with E-state index in [1.54, 1.807) is 36.4 Å². The number of benzene rings is 2. The van der Waals surface area contributed by atoms with Crippen LogP contribution in [0.25, 0.3) is 0 Å². The summed E-state index contributed by atoms with van der Waals surface area (Å²) in [5, 5.41) is 18.1. The summed E-state index contributed by atoms with van der Waals surface area (Å²) in [5.74, 6) is -1.68. The Hall–Kier alpha value is -5.00. The topological polar surface area (TPSA) is 155 Å². The van der Waals surface area contributed by atoms with Crippen molar-refractivity contribution < 1.29 is 28.0 Å². The highest BCUT2D eigenvalue weighted by atomic mass is 16.5. The van der Waals surface area contributed by atoms with Gasteiger partial charge < -0.3 is 30.9 Å². The summed E-state index contributed by atoms with van der Waals surface area (Å²) in [6.07, 6.45) is 3.53. The zero-order valence-electron chi connectivity index (χ0n) is 25.1. The first-order valence-corrected chi connectivity index (χ1v) is 13.2. The van der Waals surface area contributed by atoms with E-state index in [0.29, 0.717) is 17.8 Å². The molecule has 1 aliphatic heterocycles. The first-order valence-electron chi connectivity index (χ1n) is 14.7. The number of methoxy groups -OCH3 is 1. The molecule has 12 nitrogen and oxygen atoms in total. The monoisotopic (exact) mass is 558 g/mol. The van der Waals surface area contributed by atoms with Gasteiger partial charge >= 0.3 is 0 Å². The van der Waals surface area contributed by atoms with Crippen molar-refractivity contribution >= 4 is 46.5 Å². The van der Waals surface area contributed by atoms with Gasteiger partial charge in [-0.3, -0.25) is 19.2 Å². The summed E-state index contributed by atoms with van der Waals surface area (Å²) in [4.78, 5) is 53.1. The Kier molecular flexibility index (Phi) is 5.85. The summed E-state index contributed by atoms with van der Waals surface area (Å²) in [7, 11) is 1.37. The van der Waals surface area contributed by atoms with Gasteiger partial charge in [-0.2, -0.15) is 0 Å². The maximum absolute atomic E-state index is 13.4. The molecule has 0 unspecified atom stereocenters. The van der Waals surface area contributed by atoms with E-state index in [2.05, 4.69) is 26.1 Å². The van der Waals surface area contributed by atoms with Gasteiger partial charge in [0.2, 0.25) is 5.91 Å². The lowest BCUT2D eigenvalue weighted by atomic mass is 10.1. The van der Waals surface area contributed by atoms with Crippen LogP contribution in [-0.4, -0.2) is 58.9 Å². The minimum absolute atomic E-state index is 0.00797. The van der Waals surface area contributed by atoms with E-state index in [0.717, 1.165) is 31.2 Å². The molecule has 0 saturated heterocycles. The van der Waals surface area contributed by atoms with Gasteiger partial charge in [-0.05, 0) is 61.6 Å². The van der Waals surface area contributed by atoms with Gasteiger partial charge in [0.15, 0.2) is 17.3 Å². The van der Waals surface area contributed by atoms with E-state index in [-0.39, 0.29) is 58.0 Å². The van der Waals surface area contributed by atoms with Gasteiger partial charge in [0.25, 0.3) is 17.7 Å². The molecular weight excluding hydrogens is 526 g/mol. The number of hydrogen-bond donors (Lipinski definition) is 4. The van der Waals surface area contributed by atoms with Gasteiger partial charge in [0.1, 0.15) is 0 Å². The average molecular weight is 559 g/mol. The number of carbonyl (C=O) groups excluding carboxylic acids is 4. The minimum atomic E-state index is -2.79. The van der Waals surface area contributed by atoms with Crippen molar-refractivity contribution in [3.63, 3.8) is 0 Å². The predicted octanol–water partition coefficient (Wildman–Crippen LogP) is 3.31. The van der Waals surface area contributed by atoms with Crippen LogP contribution in [0.4, 0.5) is 22.9 Å². The molecule has 210 valence electrons. The maximum atomic E-state index is 13.4. The van der Waals surface area contributed by atoms with Crippen molar-refractivity contribution in [2.24, 2.45) is 5.92 Å². The second-order valence-corrected chi connectivity index (χ2v) is 10.2. The molecule has 2 heterocycles. The molecular formula is C29H29N7O5. The molecule has 0 spiro atoms. The van der Waals surface area contributed by atoms with Crippen molar-refractivity contribution in [3.05, 3.63) is 64.8 Å². The summed E-state index contributed by atoms with van der Waals surface area (Å²) in [5.41, 5.74) is 2.08. The zero-order valence-corrected chi connectivity index (χ0v) is 22.1. The fourth-order valence-corrected chi connectivity index (χ4v) is 4.83. The van der Waals surface area contributed by atoms with E-state index < -0.39 is 18.8 Å². The highest BCUT2D eigenvalue weighted by Gasteiger charge is 2.38. The molecule has 3 aromatic rings. The lowest BCUT2D eigenvalue weighted by molar-refractivity contribution is -0.117. The lowest BCUT2D eigenvalue weighted by Gasteiger charge is -2.17. The Morgan fingerprint density at radius 1 is 1.00 bits per heavy atom. The number of ether oxygens (including phenoxy) is 1. The molecule has 0 bridgehead atoms. The predicted molar refractivity (Wildman–Crippen MR) is 150 cm³/mol. The minimum Gasteiger partial charge on any atom is -0.494 e. The summed E-state index contributed by atoms with van der Waals surface area (Å²) >= 11 is 0. The molecule has 12 heteroatoms. The van der Waals surface area contributed by atoms with Crippen LogP contribution in [0.2, 0.25) is 0 Å². The van der Waals surface area contributed by atoms with Crippen LogP contribution in [0.15, 0.2) is 42.5 Å². The quantitative estimate of drug-likeness (QED) is 0.312. The summed E-state index contributed by atoms with van der Waals surface area (Å²) in [6.45, 7) is -2.28. The number of para-hydroxylation sites is 1. The second-order valence-electron chi connectivity index (χ2n) is 10.2. The number of hydrogen-bond acceptors (Lipinski definition) is 8. The average Bonchev–Trinajstić information content (AvgIpc) is 3.90. The number of carbonyl (C=O) groups is 4. The number of aromatic nitrogens is 2. The molecule has 41 heavy (non-hydrogen) atoms. The van der Waals surface area contributed by atoms with Gasteiger partial charge in [0, 0.05) is 46.9 Å². The molecule has 4 amide bonds. The summed E-state index contributed by atoms with van der Waals surface area (Å²) in [6, 6.07) is 11.6. The van der Waals surface area contributed by atoms with Gasteiger partial charge in [0.05, 0.1) is 24.0 Å². The van der Waals surface area contributed by atoms with Crippen LogP contribution in [-0.2, 0) is 11.3 Å². The van der Waals surface area contributed by atoms with Crippen molar-refractivity contribution in [2.45, 2.75) is 38.3 Å². The number of amides is 4. The second kappa shape index (κ2) is 10.5. The van der Waals surface area contributed by atoms with Crippen LogP contribution in [0.1, 0.15) is 66.6 Å². The highest BCUT2D eigenvalue weighted by Crippen LogP contribution is 2.37. The van der Waals surface area contributed by atoms with Crippen molar-refractivity contribution in [3.8, 4) is 5.75 Å².